The highest BCUT2D eigenvalue weighted by atomic mass is 16.5. The van der Waals surface area contributed by atoms with Crippen LogP contribution in [0.2, 0.25) is 0 Å². The van der Waals surface area contributed by atoms with E-state index in [1.165, 1.54) is 12.8 Å². The number of hydrogen-bond acceptors (Lipinski definition) is 5. The SMILES string of the molecule is COC1(c2noc(CC(O)C3CCCC3)n2)CCC1. The topological polar surface area (TPSA) is 68.4 Å². The quantitative estimate of drug-likeness (QED) is 0.884. The van der Waals surface area contributed by atoms with Gasteiger partial charge in [0.1, 0.15) is 5.60 Å². The molecule has 3 rings (SSSR count). The minimum Gasteiger partial charge on any atom is -0.392 e. The lowest BCUT2D eigenvalue weighted by Gasteiger charge is -2.37. The number of aliphatic hydroxyl groups excluding tert-OH is 1. The Morgan fingerprint density at radius 1 is 1.37 bits per heavy atom. The van der Waals surface area contributed by atoms with Crippen molar-refractivity contribution in [3.8, 4) is 0 Å². The van der Waals surface area contributed by atoms with E-state index in [0.717, 1.165) is 32.1 Å². The molecule has 0 aromatic carbocycles. The van der Waals surface area contributed by atoms with Gasteiger partial charge >= 0.3 is 0 Å². The van der Waals surface area contributed by atoms with Crippen LogP contribution in [-0.4, -0.2) is 28.5 Å². The minimum atomic E-state index is -0.351. The third-order valence-electron chi connectivity index (χ3n) is 4.76. The summed E-state index contributed by atoms with van der Waals surface area (Å²) in [5.41, 5.74) is -0.333. The van der Waals surface area contributed by atoms with Crippen molar-refractivity contribution in [2.24, 2.45) is 5.92 Å². The van der Waals surface area contributed by atoms with E-state index in [0.29, 0.717) is 24.1 Å². The van der Waals surface area contributed by atoms with Gasteiger partial charge in [0.25, 0.3) is 0 Å². The van der Waals surface area contributed by atoms with Crippen molar-refractivity contribution in [3.63, 3.8) is 0 Å². The van der Waals surface area contributed by atoms with E-state index in [2.05, 4.69) is 10.1 Å². The Morgan fingerprint density at radius 2 is 2.11 bits per heavy atom. The van der Waals surface area contributed by atoms with Crippen LogP contribution in [0.4, 0.5) is 0 Å². The summed E-state index contributed by atoms with van der Waals surface area (Å²) in [6.45, 7) is 0. The molecule has 1 N–H and O–H groups in total. The lowest BCUT2D eigenvalue weighted by atomic mass is 9.79. The first-order valence-electron chi connectivity index (χ1n) is 7.30. The van der Waals surface area contributed by atoms with Crippen LogP contribution in [0.3, 0.4) is 0 Å². The molecule has 1 atom stereocenters. The van der Waals surface area contributed by atoms with Gasteiger partial charge in [-0.1, -0.05) is 18.0 Å². The second-order valence-electron chi connectivity index (χ2n) is 5.88. The summed E-state index contributed by atoms with van der Waals surface area (Å²) in [5.74, 6) is 1.59. The van der Waals surface area contributed by atoms with Crippen molar-refractivity contribution >= 4 is 0 Å². The zero-order chi connectivity index (χ0) is 13.3. The van der Waals surface area contributed by atoms with Crippen molar-refractivity contribution < 1.29 is 14.4 Å². The molecule has 0 saturated heterocycles. The first-order valence-corrected chi connectivity index (χ1v) is 7.30. The third-order valence-corrected chi connectivity index (χ3v) is 4.76. The maximum absolute atomic E-state index is 10.2. The molecule has 2 fully saturated rings. The predicted molar refractivity (Wildman–Crippen MR) is 68.5 cm³/mol. The van der Waals surface area contributed by atoms with Crippen LogP contribution in [0.25, 0.3) is 0 Å². The standard InChI is InChI=1S/C14H22N2O3/c1-18-14(7-4-8-14)13-15-12(19-16-13)9-11(17)10-5-2-3-6-10/h10-11,17H,2-9H2,1H3. The van der Waals surface area contributed by atoms with Crippen LogP contribution in [-0.2, 0) is 16.8 Å². The van der Waals surface area contributed by atoms with Crippen LogP contribution >= 0.6 is 0 Å². The van der Waals surface area contributed by atoms with Crippen LogP contribution in [0.1, 0.15) is 56.7 Å². The van der Waals surface area contributed by atoms with Gasteiger partial charge in [-0.15, -0.1) is 0 Å². The van der Waals surface area contributed by atoms with Gasteiger partial charge in [0.2, 0.25) is 11.7 Å². The number of nitrogens with zero attached hydrogens (tertiary/aromatic N) is 2. The van der Waals surface area contributed by atoms with E-state index < -0.39 is 0 Å². The molecule has 1 aromatic rings. The molecule has 1 heterocycles. The van der Waals surface area contributed by atoms with Crippen LogP contribution in [0.15, 0.2) is 4.52 Å². The monoisotopic (exact) mass is 266 g/mol. The van der Waals surface area contributed by atoms with E-state index in [1.54, 1.807) is 7.11 Å². The van der Waals surface area contributed by atoms with Crippen molar-refractivity contribution in [2.45, 2.75) is 63.1 Å². The summed E-state index contributed by atoms with van der Waals surface area (Å²) in [4.78, 5) is 4.42. The summed E-state index contributed by atoms with van der Waals surface area (Å²) in [6, 6.07) is 0. The van der Waals surface area contributed by atoms with Crippen molar-refractivity contribution in [3.05, 3.63) is 11.7 Å². The summed E-state index contributed by atoms with van der Waals surface area (Å²) >= 11 is 0. The molecule has 1 unspecified atom stereocenters. The number of aliphatic hydroxyl groups is 1. The molecule has 1 aromatic heterocycles. The number of ether oxygens (including phenoxy) is 1. The lowest BCUT2D eigenvalue weighted by Crippen LogP contribution is -2.37. The van der Waals surface area contributed by atoms with Gasteiger partial charge < -0.3 is 14.4 Å². The lowest BCUT2D eigenvalue weighted by molar-refractivity contribution is -0.0858. The van der Waals surface area contributed by atoms with E-state index in [-0.39, 0.29) is 11.7 Å². The molecular weight excluding hydrogens is 244 g/mol. The summed E-state index contributed by atoms with van der Waals surface area (Å²) in [6.07, 6.45) is 7.85. The van der Waals surface area contributed by atoms with E-state index in [4.69, 9.17) is 9.26 Å². The maximum atomic E-state index is 10.2. The Labute approximate surface area is 113 Å². The van der Waals surface area contributed by atoms with Crippen molar-refractivity contribution in [1.82, 2.24) is 10.1 Å². The molecule has 5 heteroatoms. The molecule has 2 aliphatic carbocycles. The summed E-state index contributed by atoms with van der Waals surface area (Å²) in [7, 11) is 1.70. The number of hydrogen-bond donors (Lipinski definition) is 1. The fourth-order valence-corrected chi connectivity index (χ4v) is 3.23. The molecule has 2 aliphatic rings. The molecule has 106 valence electrons. The molecule has 0 bridgehead atoms. The van der Waals surface area contributed by atoms with Crippen molar-refractivity contribution in [1.29, 1.82) is 0 Å². The van der Waals surface area contributed by atoms with E-state index >= 15 is 0 Å². The predicted octanol–water partition coefficient (Wildman–Crippen LogP) is 2.19. The molecule has 0 spiro atoms. The van der Waals surface area contributed by atoms with Crippen LogP contribution in [0.5, 0.6) is 0 Å². The second-order valence-corrected chi connectivity index (χ2v) is 5.88. The summed E-state index contributed by atoms with van der Waals surface area (Å²) < 4.78 is 10.8. The first kappa shape index (κ1) is 13.1. The van der Waals surface area contributed by atoms with Gasteiger partial charge in [-0.3, -0.25) is 0 Å². The average Bonchev–Trinajstić information content (AvgIpc) is 2.99. The molecule has 0 radical (unpaired) electrons. The average molecular weight is 266 g/mol. The smallest absolute Gasteiger partial charge is 0.229 e. The highest BCUT2D eigenvalue weighted by Crippen LogP contribution is 2.42. The molecule has 5 nitrogen and oxygen atoms in total. The number of rotatable bonds is 5. The van der Waals surface area contributed by atoms with Gasteiger partial charge in [-0.05, 0) is 38.0 Å². The Balaban J connectivity index is 1.64. The molecular formula is C14H22N2O3. The molecule has 0 amide bonds. The Kier molecular flexibility index (Phi) is 3.58. The zero-order valence-corrected chi connectivity index (χ0v) is 11.5. The fraction of sp³-hybridized carbons (Fsp3) is 0.857. The highest BCUT2D eigenvalue weighted by molar-refractivity contribution is 5.07. The molecule has 19 heavy (non-hydrogen) atoms. The third kappa shape index (κ3) is 2.41. The van der Waals surface area contributed by atoms with E-state index in [1.807, 2.05) is 0 Å². The first-order chi connectivity index (χ1) is 9.23. The normalized spacial score (nSPS) is 24.3. The Hall–Kier alpha value is -0.940. The zero-order valence-electron chi connectivity index (χ0n) is 11.5. The summed E-state index contributed by atoms with van der Waals surface area (Å²) in [5, 5.41) is 14.2. The van der Waals surface area contributed by atoms with Crippen molar-refractivity contribution in [2.75, 3.05) is 7.11 Å². The maximum Gasteiger partial charge on any atom is 0.229 e. The fourth-order valence-electron chi connectivity index (χ4n) is 3.23. The molecule has 2 saturated carbocycles. The van der Waals surface area contributed by atoms with Gasteiger partial charge in [-0.2, -0.15) is 4.98 Å². The Bertz CT molecular complexity index is 417. The van der Waals surface area contributed by atoms with Gasteiger partial charge in [0.05, 0.1) is 12.5 Å². The van der Waals surface area contributed by atoms with Gasteiger partial charge in [-0.25, -0.2) is 0 Å². The van der Waals surface area contributed by atoms with Crippen LogP contribution < -0.4 is 0 Å². The van der Waals surface area contributed by atoms with E-state index in [9.17, 15) is 5.11 Å². The largest absolute Gasteiger partial charge is 0.392 e. The van der Waals surface area contributed by atoms with Gasteiger partial charge in [0, 0.05) is 7.11 Å². The highest BCUT2D eigenvalue weighted by Gasteiger charge is 2.43. The second kappa shape index (κ2) is 5.21. The van der Waals surface area contributed by atoms with Crippen LogP contribution in [0, 0.1) is 5.92 Å². The molecule has 0 aliphatic heterocycles. The minimum absolute atomic E-state index is 0.333. The number of methoxy groups -OCH3 is 1. The number of aromatic nitrogens is 2. The Morgan fingerprint density at radius 3 is 2.68 bits per heavy atom. The van der Waals surface area contributed by atoms with Gasteiger partial charge in [0.15, 0.2) is 0 Å².